The maximum atomic E-state index is 5.05. The highest BCUT2D eigenvalue weighted by atomic mass is 15.3. The van der Waals surface area contributed by atoms with E-state index in [9.17, 15) is 0 Å². The lowest BCUT2D eigenvalue weighted by atomic mass is 10.1. The topological polar surface area (TPSA) is 30.9 Å². The van der Waals surface area contributed by atoms with E-state index >= 15 is 0 Å². The molecular formula is C20H26N4. The number of nitrogens with zero attached hydrogens (tertiary/aromatic N) is 3. The molecule has 1 aromatic carbocycles. The highest BCUT2D eigenvalue weighted by Gasteiger charge is 2.23. The number of aliphatic imine (C=N–C) groups is 1. The third-order valence-corrected chi connectivity index (χ3v) is 4.55. The Morgan fingerprint density at radius 2 is 1.92 bits per heavy atom. The fraction of sp³-hybridized carbons (Fsp3) is 0.350. The first-order valence-corrected chi connectivity index (χ1v) is 8.48. The van der Waals surface area contributed by atoms with Crippen LogP contribution >= 0.6 is 0 Å². The number of aryl methyl sites for hydroxylation is 1. The summed E-state index contributed by atoms with van der Waals surface area (Å²) in [6.45, 7) is 12.1. The minimum absolute atomic E-state index is 0.995. The molecule has 4 heteroatoms. The van der Waals surface area contributed by atoms with Crippen LogP contribution in [0.15, 0.2) is 59.3 Å². The van der Waals surface area contributed by atoms with Crippen molar-refractivity contribution in [3.05, 3.63) is 59.8 Å². The van der Waals surface area contributed by atoms with E-state index in [1.165, 1.54) is 5.56 Å². The molecule has 0 amide bonds. The number of allylic oxidation sites excluding steroid dienone is 3. The molecule has 0 bridgehead atoms. The second kappa shape index (κ2) is 7.05. The van der Waals surface area contributed by atoms with Crippen LogP contribution in [0.4, 0.5) is 11.4 Å². The number of hydrogen-bond donors (Lipinski definition) is 1. The van der Waals surface area contributed by atoms with Crippen molar-refractivity contribution < 1.29 is 0 Å². The zero-order chi connectivity index (χ0) is 17.1. The van der Waals surface area contributed by atoms with Crippen molar-refractivity contribution in [3.8, 4) is 0 Å². The second-order valence-corrected chi connectivity index (χ2v) is 6.50. The Labute approximate surface area is 144 Å². The third kappa shape index (κ3) is 3.44. The number of likely N-dealkylation sites (N-methyl/N-ethyl adjacent to an activating group) is 1. The molecule has 0 unspecified atom stereocenters. The van der Waals surface area contributed by atoms with Crippen LogP contribution in [0.2, 0.25) is 0 Å². The van der Waals surface area contributed by atoms with E-state index in [2.05, 4.69) is 66.9 Å². The van der Waals surface area contributed by atoms with Gasteiger partial charge in [-0.1, -0.05) is 24.8 Å². The minimum atomic E-state index is 0.995. The molecule has 0 atom stereocenters. The van der Waals surface area contributed by atoms with E-state index in [1.807, 2.05) is 12.2 Å². The first-order chi connectivity index (χ1) is 11.6. The van der Waals surface area contributed by atoms with Crippen LogP contribution in [-0.2, 0) is 0 Å². The van der Waals surface area contributed by atoms with Crippen LogP contribution in [0.1, 0.15) is 12.5 Å². The molecule has 2 aliphatic rings. The van der Waals surface area contributed by atoms with Crippen LogP contribution < -0.4 is 5.32 Å². The Morgan fingerprint density at radius 3 is 2.62 bits per heavy atom. The van der Waals surface area contributed by atoms with Crippen molar-refractivity contribution >= 4 is 17.2 Å². The Kier molecular flexibility index (Phi) is 4.86. The first kappa shape index (κ1) is 16.5. The fourth-order valence-corrected chi connectivity index (χ4v) is 3.07. The van der Waals surface area contributed by atoms with Crippen molar-refractivity contribution in [2.45, 2.75) is 13.8 Å². The normalized spacial score (nSPS) is 19.0. The van der Waals surface area contributed by atoms with Crippen LogP contribution in [-0.4, -0.2) is 48.9 Å². The number of piperazine rings is 1. The van der Waals surface area contributed by atoms with Gasteiger partial charge in [0.1, 0.15) is 5.84 Å². The van der Waals surface area contributed by atoms with E-state index in [0.717, 1.165) is 54.7 Å². The standard InChI is InChI=1S/C20H26N4/c1-5-6-7-17-16(3)21-18-9-8-15(2)14-19(18)22-20(17)24-12-10-23(4)11-13-24/h5-9,14,21H,1,10-13H2,2-4H3/b7-6-. The monoisotopic (exact) mass is 322 g/mol. The van der Waals surface area contributed by atoms with Gasteiger partial charge >= 0.3 is 0 Å². The predicted octanol–water partition coefficient (Wildman–Crippen LogP) is 3.71. The molecule has 2 aliphatic heterocycles. The highest BCUT2D eigenvalue weighted by molar-refractivity contribution is 6.05. The maximum Gasteiger partial charge on any atom is 0.138 e. The predicted molar refractivity (Wildman–Crippen MR) is 103 cm³/mol. The first-order valence-electron chi connectivity index (χ1n) is 8.48. The molecule has 24 heavy (non-hydrogen) atoms. The summed E-state index contributed by atoms with van der Waals surface area (Å²) >= 11 is 0. The summed E-state index contributed by atoms with van der Waals surface area (Å²) in [5.41, 5.74) is 5.54. The number of rotatable bonds is 2. The number of fused-ring (bicyclic) bond motifs is 1. The largest absolute Gasteiger partial charge is 0.357 e. The molecule has 0 aliphatic carbocycles. The van der Waals surface area contributed by atoms with Crippen LogP contribution in [0, 0.1) is 6.92 Å². The molecule has 0 radical (unpaired) electrons. The van der Waals surface area contributed by atoms with Crippen molar-refractivity contribution in [2.75, 3.05) is 38.5 Å². The summed E-state index contributed by atoms with van der Waals surface area (Å²) in [6, 6.07) is 6.37. The molecular weight excluding hydrogens is 296 g/mol. The molecule has 0 saturated carbocycles. The zero-order valence-electron chi connectivity index (χ0n) is 14.8. The molecule has 1 saturated heterocycles. The molecule has 4 nitrogen and oxygen atoms in total. The van der Waals surface area contributed by atoms with Crippen LogP contribution in [0.3, 0.4) is 0 Å². The van der Waals surface area contributed by atoms with Gasteiger partial charge in [0, 0.05) is 37.4 Å². The molecule has 1 aromatic rings. The molecule has 3 rings (SSSR count). The van der Waals surface area contributed by atoms with E-state index in [0.29, 0.717) is 0 Å². The lowest BCUT2D eigenvalue weighted by Crippen LogP contribution is -2.47. The van der Waals surface area contributed by atoms with Gasteiger partial charge in [-0.3, -0.25) is 0 Å². The van der Waals surface area contributed by atoms with Gasteiger partial charge in [-0.25, -0.2) is 4.99 Å². The number of benzene rings is 1. The van der Waals surface area contributed by atoms with E-state index < -0.39 is 0 Å². The Balaban J connectivity index is 2.07. The lowest BCUT2D eigenvalue weighted by Gasteiger charge is -2.35. The van der Waals surface area contributed by atoms with Crippen molar-refractivity contribution in [3.63, 3.8) is 0 Å². The third-order valence-electron chi connectivity index (χ3n) is 4.55. The van der Waals surface area contributed by atoms with Gasteiger partial charge in [-0.05, 0) is 44.7 Å². The van der Waals surface area contributed by atoms with Gasteiger partial charge in [0.05, 0.1) is 11.4 Å². The van der Waals surface area contributed by atoms with Gasteiger partial charge in [-0.2, -0.15) is 0 Å². The van der Waals surface area contributed by atoms with Gasteiger partial charge in [0.25, 0.3) is 0 Å². The number of anilines is 1. The van der Waals surface area contributed by atoms with E-state index in [1.54, 1.807) is 0 Å². The zero-order valence-corrected chi connectivity index (χ0v) is 14.8. The fourth-order valence-electron chi connectivity index (χ4n) is 3.07. The second-order valence-electron chi connectivity index (χ2n) is 6.50. The van der Waals surface area contributed by atoms with Crippen molar-refractivity contribution in [1.82, 2.24) is 9.80 Å². The smallest absolute Gasteiger partial charge is 0.138 e. The summed E-state index contributed by atoms with van der Waals surface area (Å²) < 4.78 is 0. The summed E-state index contributed by atoms with van der Waals surface area (Å²) in [4.78, 5) is 9.81. The van der Waals surface area contributed by atoms with Gasteiger partial charge in [0.2, 0.25) is 0 Å². The number of amidine groups is 1. The SMILES string of the molecule is C=C/C=C\C1=C(C)Nc2ccc(C)cc2N=C1N1CCN(C)CC1. The van der Waals surface area contributed by atoms with Crippen LogP contribution in [0.5, 0.6) is 0 Å². The molecule has 0 spiro atoms. The highest BCUT2D eigenvalue weighted by Crippen LogP contribution is 2.32. The van der Waals surface area contributed by atoms with E-state index in [-0.39, 0.29) is 0 Å². The number of hydrogen-bond acceptors (Lipinski definition) is 4. The molecule has 1 N–H and O–H groups in total. The number of nitrogens with one attached hydrogen (secondary N) is 1. The average molecular weight is 322 g/mol. The van der Waals surface area contributed by atoms with Crippen LogP contribution in [0.25, 0.3) is 0 Å². The average Bonchev–Trinajstić information content (AvgIpc) is 2.70. The maximum absolute atomic E-state index is 5.05. The Morgan fingerprint density at radius 1 is 1.17 bits per heavy atom. The van der Waals surface area contributed by atoms with Crippen molar-refractivity contribution in [1.29, 1.82) is 0 Å². The Hall–Kier alpha value is -2.33. The summed E-state index contributed by atoms with van der Waals surface area (Å²) in [7, 11) is 2.17. The van der Waals surface area contributed by atoms with Crippen molar-refractivity contribution in [2.24, 2.45) is 4.99 Å². The summed E-state index contributed by atoms with van der Waals surface area (Å²) in [5, 5.41) is 3.53. The minimum Gasteiger partial charge on any atom is -0.357 e. The van der Waals surface area contributed by atoms with E-state index in [4.69, 9.17) is 4.99 Å². The summed E-state index contributed by atoms with van der Waals surface area (Å²) in [6.07, 6.45) is 5.89. The van der Waals surface area contributed by atoms with Gasteiger partial charge in [0.15, 0.2) is 0 Å². The Bertz CT molecular complexity index is 719. The van der Waals surface area contributed by atoms with Gasteiger partial charge in [-0.15, -0.1) is 0 Å². The molecule has 126 valence electrons. The molecule has 0 aromatic heterocycles. The lowest BCUT2D eigenvalue weighted by molar-refractivity contribution is 0.215. The summed E-state index contributed by atoms with van der Waals surface area (Å²) in [5.74, 6) is 1.05. The molecule has 1 fully saturated rings. The van der Waals surface area contributed by atoms with Gasteiger partial charge < -0.3 is 15.1 Å². The molecule has 2 heterocycles. The quantitative estimate of drug-likeness (QED) is 0.842.